The summed E-state index contributed by atoms with van der Waals surface area (Å²) in [7, 11) is 0. The van der Waals surface area contributed by atoms with Gasteiger partial charge in [-0.2, -0.15) is 0 Å². The molecule has 150 valence electrons. The summed E-state index contributed by atoms with van der Waals surface area (Å²) in [5.74, 6) is -1.61. The first kappa shape index (κ1) is 23.7. The SMILES string of the molecule is Cc1ccc(Br)c(C)c1N(C(=O)CSC(=O)CC(C)(C)C)C(C)(C)C(=O)O. The summed E-state index contributed by atoms with van der Waals surface area (Å²) >= 11 is 4.40. The molecule has 0 bridgehead atoms. The quantitative estimate of drug-likeness (QED) is 0.653. The van der Waals surface area contributed by atoms with E-state index in [9.17, 15) is 19.5 Å². The lowest BCUT2D eigenvalue weighted by Crippen LogP contribution is -2.54. The van der Waals surface area contributed by atoms with Crippen molar-refractivity contribution in [3.05, 3.63) is 27.7 Å². The summed E-state index contributed by atoms with van der Waals surface area (Å²) in [6.07, 6.45) is 0.349. The number of thioether (sulfide) groups is 1. The maximum absolute atomic E-state index is 13.1. The third kappa shape index (κ3) is 6.07. The smallest absolute Gasteiger partial charge is 0.329 e. The zero-order valence-electron chi connectivity index (χ0n) is 17.0. The maximum Gasteiger partial charge on any atom is 0.329 e. The molecule has 1 N–H and O–H groups in total. The molecule has 0 unspecified atom stereocenters. The third-order valence-electron chi connectivity index (χ3n) is 4.15. The summed E-state index contributed by atoms with van der Waals surface area (Å²) in [5, 5.41) is 9.65. The van der Waals surface area contributed by atoms with Crippen molar-refractivity contribution in [3.8, 4) is 0 Å². The lowest BCUT2D eigenvalue weighted by atomic mass is 9.93. The van der Waals surface area contributed by atoms with Gasteiger partial charge in [-0.25, -0.2) is 4.79 Å². The minimum atomic E-state index is -1.46. The number of carbonyl (C=O) groups excluding carboxylic acids is 2. The number of anilines is 1. The van der Waals surface area contributed by atoms with Crippen LogP contribution in [0.2, 0.25) is 0 Å². The Balaban J connectivity index is 3.26. The molecule has 0 saturated heterocycles. The van der Waals surface area contributed by atoms with Crippen LogP contribution in [0.5, 0.6) is 0 Å². The lowest BCUT2D eigenvalue weighted by Gasteiger charge is -2.37. The average molecular weight is 458 g/mol. The van der Waals surface area contributed by atoms with Crippen LogP contribution in [0, 0.1) is 19.3 Å². The molecule has 1 rings (SSSR count). The Morgan fingerprint density at radius 3 is 2.15 bits per heavy atom. The highest BCUT2D eigenvalue weighted by Gasteiger charge is 2.40. The lowest BCUT2D eigenvalue weighted by molar-refractivity contribution is -0.143. The van der Waals surface area contributed by atoms with Crippen LogP contribution in [0.3, 0.4) is 0 Å². The molecule has 27 heavy (non-hydrogen) atoms. The van der Waals surface area contributed by atoms with Crippen molar-refractivity contribution in [2.24, 2.45) is 5.41 Å². The van der Waals surface area contributed by atoms with Crippen LogP contribution < -0.4 is 4.90 Å². The number of hydrogen-bond donors (Lipinski definition) is 1. The summed E-state index contributed by atoms with van der Waals surface area (Å²) in [6, 6.07) is 3.70. The fourth-order valence-corrected chi connectivity index (χ4v) is 3.93. The van der Waals surface area contributed by atoms with Crippen LogP contribution in [-0.2, 0) is 14.4 Å². The predicted molar refractivity (Wildman–Crippen MR) is 114 cm³/mol. The van der Waals surface area contributed by atoms with Crippen LogP contribution in [0.25, 0.3) is 0 Å². The molecule has 0 heterocycles. The van der Waals surface area contributed by atoms with Gasteiger partial charge in [0.25, 0.3) is 0 Å². The van der Waals surface area contributed by atoms with Crippen molar-refractivity contribution >= 4 is 50.4 Å². The van der Waals surface area contributed by atoms with Crippen molar-refractivity contribution in [3.63, 3.8) is 0 Å². The highest BCUT2D eigenvalue weighted by Crippen LogP contribution is 2.35. The Hall–Kier alpha value is -1.34. The number of benzene rings is 1. The third-order valence-corrected chi connectivity index (χ3v) is 5.87. The second-order valence-corrected chi connectivity index (χ2v) is 10.2. The summed E-state index contributed by atoms with van der Waals surface area (Å²) in [5.41, 5.74) is 0.518. The van der Waals surface area contributed by atoms with E-state index in [-0.39, 0.29) is 16.3 Å². The molecule has 0 saturated carbocycles. The van der Waals surface area contributed by atoms with Crippen LogP contribution in [0.15, 0.2) is 16.6 Å². The van der Waals surface area contributed by atoms with Gasteiger partial charge in [0.2, 0.25) is 5.91 Å². The minimum Gasteiger partial charge on any atom is -0.480 e. The molecule has 0 aromatic heterocycles. The van der Waals surface area contributed by atoms with E-state index in [1.807, 2.05) is 46.8 Å². The monoisotopic (exact) mass is 457 g/mol. The molecule has 0 aliphatic carbocycles. The number of amides is 1. The maximum atomic E-state index is 13.1. The largest absolute Gasteiger partial charge is 0.480 e. The number of aliphatic carboxylic acids is 1. The second-order valence-electron chi connectivity index (χ2n) is 8.33. The molecule has 1 amide bonds. The van der Waals surface area contributed by atoms with Gasteiger partial charge in [0.05, 0.1) is 11.4 Å². The van der Waals surface area contributed by atoms with E-state index in [0.717, 1.165) is 27.4 Å². The number of carboxylic acid groups (broad SMARTS) is 1. The molecule has 1 aromatic rings. The van der Waals surface area contributed by atoms with Crippen LogP contribution >= 0.6 is 27.7 Å². The number of halogens is 1. The number of hydrogen-bond acceptors (Lipinski definition) is 4. The van der Waals surface area contributed by atoms with Gasteiger partial charge in [-0.3, -0.25) is 14.5 Å². The van der Waals surface area contributed by atoms with Crippen LogP contribution in [0.4, 0.5) is 5.69 Å². The minimum absolute atomic E-state index is 0.0772. The van der Waals surface area contributed by atoms with Crippen LogP contribution in [-0.4, -0.2) is 33.4 Å². The molecule has 0 spiro atoms. The van der Waals surface area contributed by atoms with E-state index >= 15 is 0 Å². The van der Waals surface area contributed by atoms with Gasteiger partial charge in [-0.05, 0) is 50.3 Å². The normalized spacial score (nSPS) is 12.0. The van der Waals surface area contributed by atoms with Crippen molar-refractivity contribution in [2.45, 2.75) is 60.4 Å². The topological polar surface area (TPSA) is 74.7 Å². The van der Waals surface area contributed by atoms with Crippen molar-refractivity contribution in [2.75, 3.05) is 10.7 Å². The first-order valence-electron chi connectivity index (χ1n) is 8.66. The highest BCUT2D eigenvalue weighted by atomic mass is 79.9. The Morgan fingerprint density at radius 2 is 1.67 bits per heavy atom. The molecule has 5 nitrogen and oxygen atoms in total. The molecule has 0 atom stereocenters. The zero-order valence-corrected chi connectivity index (χ0v) is 19.4. The predicted octanol–water partition coefficient (Wildman–Crippen LogP) is 4.96. The first-order chi connectivity index (χ1) is 12.2. The van der Waals surface area contributed by atoms with Gasteiger partial charge < -0.3 is 5.11 Å². The van der Waals surface area contributed by atoms with Crippen LogP contribution in [0.1, 0.15) is 52.2 Å². The van der Waals surface area contributed by atoms with Gasteiger partial charge in [0, 0.05) is 10.9 Å². The first-order valence-corrected chi connectivity index (χ1v) is 10.4. The number of rotatable bonds is 6. The molecular formula is C20H28BrNO4S. The number of nitrogens with zero attached hydrogens (tertiary/aromatic N) is 1. The molecule has 0 aliphatic heterocycles. The zero-order chi connectivity index (χ0) is 21.2. The second kappa shape index (κ2) is 8.78. The van der Waals surface area contributed by atoms with Crippen molar-refractivity contribution < 1.29 is 19.5 Å². The van der Waals surface area contributed by atoms with E-state index < -0.39 is 17.4 Å². The average Bonchev–Trinajstić information content (AvgIpc) is 2.51. The Labute approximate surface area is 174 Å². The summed E-state index contributed by atoms with van der Waals surface area (Å²) in [4.78, 5) is 38.4. The molecule has 1 aromatic carbocycles. The molecule has 7 heteroatoms. The van der Waals surface area contributed by atoms with E-state index in [0.29, 0.717) is 12.1 Å². The Bertz CT molecular complexity index is 753. The van der Waals surface area contributed by atoms with Crippen molar-refractivity contribution in [1.29, 1.82) is 0 Å². The van der Waals surface area contributed by atoms with E-state index in [1.54, 1.807) is 0 Å². The summed E-state index contributed by atoms with van der Waals surface area (Å²) < 4.78 is 0.790. The molecule has 0 aliphatic rings. The molecule has 0 radical (unpaired) electrons. The summed E-state index contributed by atoms with van der Waals surface area (Å²) in [6.45, 7) is 12.5. The van der Waals surface area contributed by atoms with E-state index in [4.69, 9.17) is 0 Å². The number of carboxylic acids is 1. The Morgan fingerprint density at radius 1 is 1.11 bits per heavy atom. The van der Waals surface area contributed by atoms with Gasteiger partial charge in [0.15, 0.2) is 5.12 Å². The van der Waals surface area contributed by atoms with Gasteiger partial charge in [-0.1, -0.05) is 54.5 Å². The van der Waals surface area contributed by atoms with E-state index in [1.165, 1.54) is 18.7 Å². The number of carbonyl (C=O) groups is 3. The van der Waals surface area contributed by atoms with Gasteiger partial charge >= 0.3 is 5.97 Å². The number of aryl methyl sites for hydroxylation is 1. The molecular weight excluding hydrogens is 430 g/mol. The van der Waals surface area contributed by atoms with E-state index in [2.05, 4.69) is 15.9 Å². The fourth-order valence-electron chi connectivity index (χ4n) is 2.66. The fraction of sp³-hybridized carbons (Fsp3) is 0.550. The van der Waals surface area contributed by atoms with Crippen molar-refractivity contribution in [1.82, 2.24) is 0 Å². The van der Waals surface area contributed by atoms with Gasteiger partial charge in [-0.15, -0.1) is 0 Å². The highest BCUT2D eigenvalue weighted by molar-refractivity contribution is 9.10. The standard InChI is InChI=1S/C20H28BrNO4S/c1-12-8-9-14(21)13(2)17(12)22(20(6,7)18(25)26)15(23)11-27-16(24)10-19(3,4)5/h8-9H,10-11H2,1-7H3,(H,25,26). The van der Waals surface area contributed by atoms with Gasteiger partial charge in [0.1, 0.15) is 5.54 Å². The Kier molecular flexibility index (Phi) is 7.70. The molecule has 0 fully saturated rings.